The molecular weight excluding hydrogens is 382 g/mol. The summed E-state index contributed by atoms with van der Waals surface area (Å²) in [5, 5.41) is 2.68. The van der Waals surface area contributed by atoms with Crippen LogP contribution < -0.4 is 10.2 Å². The maximum atomic E-state index is 13.5. The topological polar surface area (TPSA) is 32.3 Å². The van der Waals surface area contributed by atoms with Crippen LogP contribution in [-0.2, 0) is 4.79 Å². The fourth-order valence-electron chi connectivity index (χ4n) is 2.08. The molecule has 2 atom stereocenters. The van der Waals surface area contributed by atoms with Crippen LogP contribution in [0.15, 0.2) is 24.3 Å². The van der Waals surface area contributed by atoms with Gasteiger partial charge in [-0.1, -0.05) is 26.0 Å². The van der Waals surface area contributed by atoms with Crippen LogP contribution in [0.2, 0.25) is 0 Å². The van der Waals surface area contributed by atoms with Crippen molar-refractivity contribution in [2.75, 3.05) is 18.5 Å². The van der Waals surface area contributed by atoms with Crippen LogP contribution in [0, 0.1) is 5.92 Å². The number of halogens is 2. The lowest BCUT2D eigenvalue weighted by atomic mass is 10.1. The molecule has 0 aliphatic carbocycles. The van der Waals surface area contributed by atoms with Crippen LogP contribution >= 0.6 is 22.6 Å². The largest absolute Gasteiger partial charge is 0.374 e. The Morgan fingerprint density at radius 3 is 2.29 bits per heavy atom. The molecule has 1 rings (SSSR count). The lowest BCUT2D eigenvalue weighted by molar-refractivity contribution is -0.126. The highest BCUT2D eigenvalue weighted by Crippen LogP contribution is 2.23. The molecule has 3 nitrogen and oxygen atoms in total. The second kappa shape index (κ2) is 7.42. The average molecular weight is 406 g/mol. The predicted octanol–water partition coefficient (Wildman–Crippen LogP) is 4.08. The first-order valence-corrected chi connectivity index (χ1v) is 8.19. The number of rotatable bonds is 6. The van der Waals surface area contributed by atoms with Gasteiger partial charge in [0.2, 0.25) is 3.68 Å². The minimum absolute atomic E-state index is 0.216. The first-order chi connectivity index (χ1) is 9.61. The number of hydrogen-bond acceptors (Lipinski definition) is 2. The zero-order valence-electron chi connectivity index (χ0n) is 13.3. The lowest BCUT2D eigenvalue weighted by Gasteiger charge is -2.23. The summed E-state index contributed by atoms with van der Waals surface area (Å²) in [7, 11) is 2.06. The molecule has 0 aromatic heterocycles. The molecule has 0 bridgehead atoms. The van der Waals surface area contributed by atoms with E-state index in [1.54, 1.807) is 0 Å². The minimum Gasteiger partial charge on any atom is -0.374 e. The third kappa shape index (κ3) is 5.80. The van der Waals surface area contributed by atoms with E-state index in [1.807, 2.05) is 31.2 Å². The van der Waals surface area contributed by atoms with E-state index in [4.69, 9.17) is 0 Å². The lowest BCUT2D eigenvalue weighted by Crippen LogP contribution is -2.37. The second-order valence-corrected chi connectivity index (χ2v) is 7.98. The Morgan fingerprint density at radius 1 is 1.33 bits per heavy atom. The smallest absolute Gasteiger partial charge is 0.268 e. The van der Waals surface area contributed by atoms with Crippen LogP contribution in [0.1, 0.15) is 39.3 Å². The summed E-state index contributed by atoms with van der Waals surface area (Å²) in [6.45, 7) is 8.45. The maximum absolute atomic E-state index is 13.5. The molecule has 1 aromatic carbocycles. The van der Waals surface area contributed by atoms with E-state index in [-0.39, 0.29) is 6.04 Å². The van der Waals surface area contributed by atoms with Gasteiger partial charge in [-0.05, 0) is 60.1 Å². The van der Waals surface area contributed by atoms with Crippen LogP contribution in [0.5, 0.6) is 0 Å². The van der Waals surface area contributed by atoms with Crippen LogP contribution in [0.4, 0.5) is 10.1 Å². The van der Waals surface area contributed by atoms with Crippen molar-refractivity contribution in [1.82, 2.24) is 5.32 Å². The van der Waals surface area contributed by atoms with Crippen molar-refractivity contribution in [1.29, 1.82) is 0 Å². The normalized spacial score (nSPS) is 15.4. The average Bonchev–Trinajstić information content (AvgIpc) is 2.36. The van der Waals surface area contributed by atoms with Gasteiger partial charge in [0, 0.05) is 19.3 Å². The fraction of sp³-hybridized carbons (Fsp3) is 0.562. The Balaban J connectivity index is 2.71. The summed E-state index contributed by atoms with van der Waals surface area (Å²) in [6, 6.07) is 7.78. The van der Waals surface area contributed by atoms with Crippen LogP contribution in [0.3, 0.4) is 0 Å². The second-order valence-electron chi connectivity index (χ2n) is 5.95. The monoisotopic (exact) mass is 406 g/mol. The fourth-order valence-corrected chi connectivity index (χ4v) is 2.23. The molecule has 0 saturated heterocycles. The number of anilines is 1. The molecule has 1 unspecified atom stereocenters. The minimum atomic E-state index is -1.89. The SMILES string of the molecule is CC(C)CN(C)c1ccc([C@H](C)NC(=O)C(C)(F)I)cc1. The number of nitrogens with zero attached hydrogens (tertiary/aromatic N) is 1. The van der Waals surface area contributed by atoms with E-state index in [9.17, 15) is 9.18 Å². The molecule has 0 aliphatic heterocycles. The predicted molar refractivity (Wildman–Crippen MR) is 94.6 cm³/mol. The Kier molecular flexibility index (Phi) is 6.43. The zero-order chi connectivity index (χ0) is 16.2. The van der Waals surface area contributed by atoms with Crippen LogP contribution in [0.25, 0.3) is 0 Å². The van der Waals surface area contributed by atoms with E-state index >= 15 is 0 Å². The Bertz CT molecular complexity index is 468. The van der Waals surface area contributed by atoms with Gasteiger partial charge in [0.25, 0.3) is 5.91 Å². The summed E-state index contributed by atoms with van der Waals surface area (Å²) in [5.41, 5.74) is 2.10. The Hall–Kier alpha value is -0.850. The van der Waals surface area contributed by atoms with Gasteiger partial charge in [0.15, 0.2) is 0 Å². The van der Waals surface area contributed by atoms with Gasteiger partial charge in [-0.2, -0.15) is 0 Å². The van der Waals surface area contributed by atoms with Crippen molar-refractivity contribution in [2.45, 2.75) is 37.4 Å². The van der Waals surface area contributed by atoms with E-state index in [1.165, 1.54) is 29.5 Å². The summed E-state index contributed by atoms with van der Waals surface area (Å²) in [6.07, 6.45) is 0. The number of hydrogen-bond donors (Lipinski definition) is 1. The first kappa shape index (κ1) is 18.2. The third-order valence-corrected chi connectivity index (χ3v) is 3.71. The quantitative estimate of drug-likeness (QED) is 0.571. The molecule has 0 spiro atoms. The van der Waals surface area contributed by atoms with Crippen molar-refractivity contribution in [3.8, 4) is 0 Å². The Morgan fingerprint density at radius 2 is 1.86 bits per heavy atom. The van der Waals surface area contributed by atoms with Crippen molar-refractivity contribution < 1.29 is 9.18 Å². The molecule has 0 saturated carbocycles. The van der Waals surface area contributed by atoms with E-state index < -0.39 is 9.58 Å². The highest BCUT2D eigenvalue weighted by molar-refractivity contribution is 14.1. The third-order valence-electron chi connectivity index (χ3n) is 3.22. The summed E-state index contributed by atoms with van der Waals surface area (Å²) >= 11 is 1.49. The molecule has 1 amide bonds. The highest BCUT2D eigenvalue weighted by Gasteiger charge is 2.29. The van der Waals surface area contributed by atoms with Gasteiger partial charge in [-0.3, -0.25) is 4.79 Å². The standard InChI is InChI=1S/C16H24FIN2O/c1-11(2)10-20(5)14-8-6-13(7-9-14)12(3)19-15(21)16(4,17)18/h6-9,11-12H,10H2,1-5H3,(H,19,21)/t12-,16?/m0/s1. The van der Waals surface area contributed by atoms with Crippen molar-refractivity contribution in [3.05, 3.63) is 29.8 Å². The van der Waals surface area contributed by atoms with Gasteiger partial charge in [-0.15, -0.1) is 0 Å². The van der Waals surface area contributed by atoms with E-state index in [2.05, 4.69) is 31.1 Å². The number of carbonyl (C=O) groups is 1. The maximum Gasteiger partial charge on any atom is 0.268 e. The van der Waals surface area contributed by atoms with Crippen LogP contribution in [-0.4, -0.2) is 23.2 Å². The number of carbonyl (C=O) groups excluding carboxylic acids is 1. The van der Waals surface area contributed by atoms with E-state index in [0.717, 1.165) is 17.8 Å². The summed E-state index contributed by atoms with van der Waals surface area (Å²) in [4.78, 5) is 13.8. The van der Waals surface area contributed by atoms with E-state index in [0.29, 0.717) is 5.92 Å². The van der Waals surface area contributed by atoms with Gasteiger partial charge in [0.1, 0.15) is 0 Å². The van der Waals surface area contributed by atoms with Gasteiger partial charge < -0.3 is 10.2 Å². The van der Waals surface area contributed by atoms with Crippen molar-refractivity contribution >= 4 is 34.2 Å². The first-order valence-electron chi connectivity index (χ1n) is 7.11. The van der Waals surface area contributed by atoms with Gasteiger partial charge in [0.05, 0.1) is 6.04 Å². The number of alkyl halides is 2. The number of benzene rings is 1. The Labute approximate surface area is 140 Å². The van der Waals surface area contributed by atoms with Gasteiger partial charge >= 0.3 is 0 Å². The number of nitrogens with one attached hydrogen (secondary N) is 1. The molecule has 118 valence electrons. The van der Waals surface area contributed by atoms with Crippen molar-refractivity contribution in [2.24, 2.45) is 5.92 Å². The molecule has 1 N–H and O–H groups in total. The molecule has 0 fully saturated rings. The molecule has 21 heavy (non-hydrogen) atoms. The number of amides is 1. The zero-order valence-corrected chi connectivity index (χ0v) is 15.4. The molecular formula is C16H24FIN2O. The summed E-state index contributed by atoms with van der Waals surface area (Å²) < 4.78 is 11.6. The molecule has 0 heterocycles. The summed E-state index contributed by atoms with van der Waals surface area (Å²) in [5.74, 6) is -0.00428. The molecule has 0 aliphatic rings. The van der Waals surface area contributed by atoms with Gasteiger partial charge in [-0.25, -0.2) is 4.39 Å². The van der Waals surface area contributed by atoms with Crippen molar-refractivity contribution in [3.63, 3.8) is 0 Å². The molecule has 1 aromatic rings. The highest BCUT2D eigenvalue weighted by atomic mass is 127. The molecule has 0 radical (unpaired) electrons. The molecule has 5 heteroatoms.